The van der Waals surface area contributed by atoms with Crippen LogP contribution in [-0.2, 0) is 4.79 Å². The molecular formula is C21H19F5N4O4S. The van der Waals surface area contributed by atoms with Crippen LogP contribution in [0.15, 0.2) is 40.4 Å². The summed E-state index contributed by atoms with van der Waals surface area (Å²) < 4.78 is 70.2. The Morgan fingerprint density at radius 2 is 1.83 bits per heavy atom. The lowest BCUT2D eigenvalue weighted by Gasteiger charge is -2.25. The molecule has 0 spiro atoms. The number of oxazole rings is 1. The minimum absolute atomic E-state index is 0.0592. The zero-order valence-electron chi connectivity index (χ0n) is 18.0. The van der Waals surface area contributed by atoms with E-state index in [2.05, 4.69) is 20.6 Å². The molecular weight excluding hydrogens is 499 g/mol. The Morgan fingerprint density at radius 1 is 1.14 bits per heavy atom. The molecule has 188 valence electrons. The van der Waals surface area contributed by atoms with Gasteiger partial charge < -0.3 is 20.2 Å². The van der Waals surface area contributed by atoms with Crippen LogP contribution in [0.5, 0.6) is 0 Å². The number of benzene rings is 1. The van der Waals surface area contributed by atoms with Crippen molar-refractivity contribution >= 4 is 23.2 Å². The second-order valence-corrected chi connectivity index (χ2v) is 8.39. The van der Waals surface area contributed by atoms with Crippen molar-refractivity contribution in [2.75, 3.05) is 0 Å². The van der Waals surface area contributed by atoms with Crippen molar-refractivity contribution in [2.45, 2.75) is 44.1 Å². The third-order valence-electron chi connectivity index (χ3n) is 4.73. The largest absolute Gasteiger partial charge is 0.431 e. The number of aromatic nitrogens is 2. The molecule has 8 nitrogen and oxygen atoms in total. The van der Waals surface area contributed by atoms with Crippen molar-refractivity contribution in [1.29, 1.82) is 0 Å². The summed E-state index contributed by atoms with van der Waals surface area (Å²) in [7, 11) is 0. The van der Waals surface area contributed by atoms with Crippen molar-refractivity contribution in [3.8, 4) is 11.5 Å². The van der Waals surface area contributed by atoms with E-state index in [1.807, 2.05) is 0 Å². The number of carbonyl (C=O) groups is 2. The SMILES string of the molecule is C[C@H](NC(=O)c1cnc(-c2cc(F)cc(F)c2)o1)C(=O)N[C@@H](CCC(F)(F)F)C(O)c1nccs1. The van der Waals surface area contributed by atoms with Crippen molar-refractivity contribution in [1.82, 2.24) is 20.6 Å². The van der Waals surface area contributed by atoms with E-state index < -0.39 is 60.7 Å². The average molecular weight is 518 g/mol. The lowest BCUT2D eigenvalue weighted by atomic mass is 10.0. The molecule has 3 rings (SSSR count). The fourth-order valence-corrected chi connectivity index (χ4v) is 3.70. The van der Waals surface area contributed by atoms with Gasteiger partial charge in [-0.25, -0.2) is 18.7 Å². The van der Waals surface area contributed by atoms with E-state index in [0.29, 0.717) is 6.07 Å². The third kappa shape index (κ3) is 7.29. The normalized spacial score (nSPS) is 14.3. The van der Waals surface area contributed by atoms with Gasteiger partial charge in [0.25, 0.3) is 5.91 Å². The standard InChI is InChI=1S/C21H19F5N4O4S/c1-10(17(32)30-14(2-3-21(24,25)26)16(31)20-27-4-5-35-20)29-18(33)15-9-28-19(34-15)11-6-12(22)8-13(23)7-11/h4-10,14,16,31H,2-3H2,1H3,(H,29,33)(H,30,32)/t10-,14-,16?/m0/s1. The lowest BCUT2D eigenvalue weighted by molar-refractivity contribution is -0.140. The number of aliphatic hydroxyl groups excluding tert-OH is 1. The lowest BCUT2D eigenvalue weighted by Crippen LogP contribution is -2.49. The Labute approximate surface area is 199 Å². The van der Waals surface area contributed by atoms with Gasteiger partial charge in [-0.2, -0.15) is 13.2 Å². The summed E-state index contributed by atoms with van der Waals surface area (Å²) >= 11 is 1.01. The molecule has 3 aromatic rings. The predicted molar refractivity (Wildman–Crippen MR) is 113 cm³/mol. The van der Waals surface area contributed by atoms with Gasteiger partial charge in [0, 0.05) is 29.6 Å². The highest BCUT2D eigenvalue weighted by Crippen LogP contribution is 2.28. The number of amides is 2. The molecule has 2 heterocycles. The van der Waals surface area contributed by atoms with E-state index in [0.717, 1.165) is 29.7 Å². The van der Waals surface area contributed by atoms with Crippen LogP contribution in [0.1, 0.15) is 41.4 Å². The highest BCUT2D eigenvalue weighted by atomic mass is 32.1. The molecule has 3 N–H and O–H groups in total. The van der Waals surface area contributed by atoms with E-state index in [9.17, 15) is 36.6 Å². The van der Waals surface area contributed by atoms with Crippen molar-refractivity contribution < 1.29 is 41.1 Å². The summed E-state index contributed by atoms with van der Waals surface area (Å²) in [6.07, 6.45) is -5.54. The molecule has 0 aliphatic rings. The van der Waals surface area contributed by atoms with Gasteiger partial charge >= 0.3 is 6.18 Å². The molecule has 1 unspecified atom stereocenters. The number of hydrogen-bond acceptors (Lipinski definition) is 7. The van der Waals surface area contributed by atoms with Crippen LogP contribution in [-0.4, -0.2) is 45.1 Å². The number of aliphatic hydroxyl groups is 1. The summed E-state index contributed by atoms with van der Waals surface area (Å²) in [6.45, 7) is 1.27. The summed E-state index contributed by atoms with van der Waals surface area (Å²) in [6, 6.07) is -0.0366. The molecule has 0 saturated heterocycles. The summed E-state index contributed by atoms with van der Waals surface area (Å²) in [5.74, 6) is -4.15. The zero-order valence-corrected chi connectivity index (χ0v) is 18.8. The molecule has 0 bridgehead atoms. The van der Waals surface area contributed by atoms with Crippen LogP contribution >= 0.6 is 11.3 Å². The summed E-state index contributed by atoms with van der Waals surface area (Å²) in [5.41, 5.74) is -0.0592. The summed E-state index contributed by atoms with van der Waals surface area (Å²) in [5, 5.41) is 16.6. The summed E-state index contributed by atoms with van der Waals surface area (Å²) in [4.78, 5) is 32.6. The highest BCUT2D eigenvalue weighted by molar-refractivity contribution is 7.09. The quantitative estimate of drug-likeness (QED) is 0.372. The Kier molecular flexibility index (Phi) is 8.17. The van der Waals surface area contributed by atoms with E-state index in [-0.39, 0.29) is 22.2 Å². The van der Waals surface area contributed by atoms with E-state index >= 15 is 0 Å². The van der Waals surface area contributed by atoms with Crippen LogP contribution in [0.3, 0.4) is 0 Å². The maximum atomic E-state index is 13.4. The van der Waals surface area contributed by atoms with Crippen LogP contribution in [0.2, 0.25) is 0 Å². The Hall–Kier alpha value is -3.39. The molecule has 0 aliphatic carbocycles. The van der Waals surface area contributed by atoms with Gasteiger partial charge in [0.1, 0.15) is 28.8 Å². The Morgan fingerprint density at radius 3 is 2.43 bits per heavy atom. The molecule has 3 atom stereocenters. The van der Waals surface area contributed by atoms with E-state index in [4.69, 9.17) is 4.42 Å². The number of nitrogens with one attached hydrogen (secondary N) is 2. The highest BCUT2D eigenvalue weighted by Gasteiger charge is 2.33. The first-order chi connectivity index (χ1) is 16.4. The molecule has 35 heavy (non-hydrogen) atoms. The van der Waals surface area contributed by atoms with Crippen LogP contribution in [0.25, 0.3) is 11.5 Å². The minimum atomic E-state index is -4.51. The van der Waals surface area contributed by atoms with Gasteiger partial charge in [-0.05, 0) is 25.5 Å². The second-order valence-electron chi connectivity index (χ2n) is 7.47. The fourth-order valence-electron chi connectivity index (χ4n) is 3.01. The fraction of sp³-hybridized carbons (Fsp3) is 0.333. The van der Waals surface area contributed by atoms with Gasteiger partial charge in [-0.3, -0.25) is 9.59 Å². The molecule has 2 amide bonds. The third-order valence-corrected chi connectivity index (χ3v) is 5.58. The van der Waals surface area contributed by atoms with Gasteiger partial charge in [-0.1, -0.05) is 0 Å². The molecule has 0 aliphatic heterocycles. The number of nitrogens with zero attached hydrogens (tertiary/aromatic N) is 2. The van der Waals surface area contributed by atoms with Crippen molar-refractivity contribution in [3.05, 3.63) is 58.4 Å². The Balaban J connectivity index is 1.65. The Bertz CT molecular complexity index is 1150. The topological polar surface area (TPSA) is 117 Å². The van der Waals surface area contributed by atoms with Gasteiger partial charge in [0.05, 0.1) is 12.2 Å². The molecule has 1 aromatic carbocycles. The number of thiazole rings is 1. The molecule has 14 heteroatoms. The maximum Gasteiger partial charge on any atom is 0.389 e. The smallest absolute Gasteiger partial charge is 0.389 e. The first-order valence-corrected chi connectivity index (χ1v) is 11.0. The van der Waals surface area contributed by atoms with Crippen molar-refractivity contribution in [3.63, 3.8) is 0 Å². The zero-order chi connectivity index (χ0) is 25.8. The monoisotopic (exact) mass is 518 g/mol. The van der Waals surface area contributed by atoms with E-state index in [1.54, 1.807) is 0 Å². The van der Waals surface area contributed by atoms with Crippen LogP contribution in [0, 0.1) is 11.6 Å². The predicted octanol–water partition coefficient (Wildman–Crippen LogP) is 3.76. The van der Waals surface area contributed by atoms with Crippen LogP contribution < -0.4 is 10.6 Å². The molecule has 0 radical (unpaired) electrons. The molecule has 0 saturated carbocycles. The molecule has 0 fully saturated rings. The number of halogens is 5. The van der Waals surface area contributed by atoms with Gasteiger partial charge in [-0.15, -0.1) is 11.3 Å². The van der Waals surface area contributed by atoms with Crippen LogP contribution in [0.4, 0.5) is 22.0 Å². The van der Waals surface area contributed by atoms with Gasteiger partial charge in [0.15, 0.2) is 0 Å². The first kappa shape index (κ1) is 26.2. The number of carbonyl (C=O) groups excluding carboxylic acids is 2. The number of alkyl halides is 3. The molecule has 2 aromatic heterocycles. The van der Waals surface area contributed by atoms with Gasteiger partial charge in [0.2, 0.25) is 17.6 Å². The van der Waals surface area contributed by atoms with Crippen molar-refractivity contribution in [2.24, 2.45) is 0 Å². The average Bonchev–Trinajstić information content (AvgIpc) is 3.47. The number of hydrogen-bond donors (Lipinski definition) is 3. The second kappa shape index (κ2) is 10.9. The number of rotatable bonds is 9. The maximum absolute atomic E-state index is 13.4. The minimum Gasteiger partial charge on any atom is -0.431 e. The first-order valence-electron chi connectivity index (χ1n) is 10.1. The van der Waals surface area contributed by atoms with E-state index in [1.165, 1.54) is 18.5 Å².